The third kappa shape index (κ3) is 4.55. The van der Waals surface area contributed by atoms with Crippen LogP contribution in [0.15, 0.2) is 24.8 Å². The Labute approximate surface area is 126 Å². The molecule has 3 aromatic rings. The highest BCUT2D eigenvalue weighted by atomic mass is 15.2. The van der Waals surface area contributed by atoms with Crippen molar-refractivity contribution in [3.8, 4) is 0 Å². The molecule has 0 aliphatic heterocycles. The number of hydrogen-bond acceptors (Lipinski definition) is 3. The molecule has 0 radical (unpaired) electrons. The molecular weight excluding hydrogens is 262 g/mol. The molecule has 0 aromatic carbocycles. The van der Waals surface area contributed by atoms with Gasteiger partial charge in [0.1, 0.15) is 6.33 Å². The Kier molecular flexibility index (Phi) is 8.09. The van der Waals surface area contributed by atoms with Crippen molar-refractivity contribution in [1.29, 1.82) is 0 Å². The van der Waals surface area contributed by atoms with Gasteiger partial charge in [-0.25, -0.2) is 4.98 Å². The van der Waals surface area contributed by atoms with E-state index in [1.807, 2.05) is 44.4 Å². The van der Waals surface area contributed by atoms with Crippen LogP contribution in [0.1, 0.15) is 59.8 Å². The minimum absolute atomic E-state index is 0.766. The second kappa shape index (κ2) is 9.91. The maximum atomic E-state index is 4.16. The smallest absolute Gasteiger partial charge is 0.179 e. The van der Waals surface area contributed by atoms with Gasteiger partial charge in [0.05, 0.1) is 11.7 Å². The molecule has 5 heteroatoms. The molecule has 21 heavy (non-hydrogen) atoms. The highest BCUT2D eigenvalue weighted by Crippen LogP contribution is 2.15. The van der Waals surface area contributed by atoms with Crippen LogP contribution in [-0.4, -0.2) is 24.6 Å². The Balaban J connectivity index is 0.000000207. The Morgan fingerprint density at radius 3 is 2.24 bits per heavy atom. The van der Waals surface area contributed by atoms with Crippen molar-refractivity contribution in [2.45, 2.75) is 59.8 Å². The highest BCUT2D eigenvalue weighted by molar-refractivity contribution is 5.73. The van der Waals surface area contributed by atoms with E-state index < -0.39 is 0 Å². The Hall–Kier alpha value is -1.91. The summed E-state index contributed by atoms with van der Waals surface area (Å²) in [7, 11) is 0. The van der Waals surface area contributed by atoms with Gasteiger partial charge >= 0.3 is 0 Å². The van der Waals surface area contributed by atoms with Gasteiger partial charge in [-0.1, -0.05) is 59.8 Å². The van der Waals surface area contributed by atoms with Crippen molar-refractivity contribution in [1.82, 2.24) is 24.6 Å². The molecule has 3 heterocycles. The van der Waals surface area contributed by atoms with Crippen molar-refractivity contribution in [2.24, 2.45) is 0 Å². The predicted molar refractivity (Wildman–Crippen MR) is 88.4 cm³/mol. The van der Waals surface area contributed by atoms with Gasteiger partial charge in [-0.2, -0.15) is 0 Å². The average Bonchev–Trinajstić information content (AvgIpc) is 3.30. The number of rotatable bonds is 0. The van der Waals surface area contributed by atoms with Gasteiger partial charge in [0, 0.05) is 6.20 Å². The number of nitrogens with zero attached hydrogens (tertiary/aromatic N) is 4. The highest BCUT2D eigenvalue weighted by Gasteiger charge is 2.01. The third-order valence-electron chi connectivity index (χ3n) is 3.10. The van der Waals surface area contributed by atoms with Gasteiger partial charge in [-0.3, -0.25) is 4.40 Å². The molecular formula is C16H27N5. The van der Waals surface area contributed by atoms with Crippen LogP contribution in [0.2, 0.25) is 0 Å². The Morgan fingerprint density at radius 1 is 1.00 bits per heavy atom. The van der Waals surface area contributed by atoms with Gasteiger partial charge in [-0.15, -0.1) is 10.2 Å². The van der Waals surface area contributed by atoms with E-state index in [1.54, 1.807) is 12.5 Å². The summed E-state index contributed by atoms with van der Waals surface area (Å²) in [6.45, 7) is 8.00. The summed E-state index contributed by atoms with van der Waals surface area (Å²) in [5.74, 6) is 0. The molecule has 1 aliphatic carbocycles. The molecule has 1 fully saturated rings. The van der Waals surface area contributed by atoms with E-state index in [9.17, 15) is 0 Å². The predicted octanol–water partition coefficient (Wildman–Crippen LogP) is 4.61. The molecule has 0 saturated heterocycles. The van der Waals surface area contributed by atoms with Crippen molar-refractivity contribution < 1.29 is 0 Å². The summed E-state index contributed by atoms with van der Waals surface area (Å²) in [5, 5.41) is 7.68. The zero-order valence-electron chi connectivity index (χ0n) is 13.6. The monoisotopic (exact) mass is 289 g/mol. The van der Waals surface area contributed by atoms with Gasteiger partial charge in [0.15, 0.2) is 11.3 Å². The standard InChI is InChI=1S/C7H5N5.C5H10.2C2H6/c1-2-8-7-5(1)12-4-10-11-6(12)3-9-7;1-2-4-5-3-1;2*1-2/h1-4,8H;1-5H2;2*1-2H3. The second-order valence-electron chi connectivity index (χ2n) is 4.30. The fraction of sp³-hybridized carbons (Fsp3) is 0.562. The molecule has 1 N–H and O–H groups in total. The van der Waals surface area contributed by atoms with Gasteiger partial charge in [-0.05, 0) is 6.07 Å². The molecule has 3 aromatic heterocycles. The largest absolute Gasteiger partial charge is 0.345 e. The van der Waals surface area contributed by atoms with Crippen LogP contribution < -0.4 is 0 Å². The van der Waals surface area contributed by atoms with Crippen LogP contribution in [0.4, 0.5) is 0 Å². The summed E-state index contributed by atoms with van der Waals surface area (Å²) in [4.78, 5) is 7.18. The van der Waals surface area contributed by atoms with Crippen LogP contribution in [0, 0.1) is 0 Å². The number of fused-ring (bicyclic) bond motifs is 3. The van der Waals surface area contributed by atoms with E-state index in [0.717, 1.165) is 16.8 Å². The van der Waals surface area contributed by atoms with E-state index in [4.69, 9.17) is 0 Å². The first-order valence-electron chi connectivity index (χ1n) is 8.07. The fourth-order valence-corrected chi connectivity index (χ4v) is 2.17. The van der Waals surface area contributed by atoms with Crippen molar-refractivity contribution in [3.63, 3.8) is 0 Å². The van der Waals surface area contributed by atoms with E-state index >= 15 is 0 Å². The number of H-pyrrole nitrogens is 1. The van der Waals surface area contributed by atoms with E-state index in [-0.39, 0.29) is 0 Å². The molecule has 5 nitrogen and oxygen atoms in total. The number of aromatic amines is 1. The van der Waals surface area contributed by atoms with Crippen LogP contribution in [0.25, 0.3) is 16.8 Å². The molecule has 4 rings (SSSR count). The van der Waals surface area contributed by atoms with Gasteiger partial charge < -0.3 is 4.98 Å². The average molecular weight is 289 g/mol. The van der Waals surface area contributed by atoms with Crippen LogP contribution in [0.3, 0.4) is 0 Å². The minimum Gasteiger partial charge on any atom is -0.345 e. The number of aromatic nitrogens is 5. The molecule has 0 spiro atoms. The SMILES string of the molecule is C1CCCC1.CC.CC.c1cc2c(ncc3nncn32)[nH]1. The lowest BCUT2D eigenvalue weighted by atomic mass is 10.4. The van der Waals surface area contributed by atoms with E-state index in [2.05, 4.69) is 20.2 Å². The lowest BCUT2D eigenvalue weighted by molar-refractivity contribution is 0.886. The molecule has 0 bridgehead atoms. The topological polar surface area (TPSA) is 58.9 Å². The summed E-state index contributed by atoms with van der Waals surface area (Å²) in [6.07, 6.45) is 12.7. The van der Waals surface area contributed by atoms with Crippen molar-refractivity contribution in [2.75, 3.05) is 0 Å². The van der Waals surface area contributed by atoms with Gasteiger partial charge in [0.25, 0.3) is 0 Å². The minimum atomic E-state index is 0.766. The summed E-state index contributed by atoms with van der Waals surface area (Å²) in [6, 6.07) is 1.94. The fourth-order valence-electron chi connectivity index (χ4n) is 2.17. The molecule has 116 valence electrons. The third-order valence-corrected chi connectivity index (χ3v) is 3.10. The van der Waals surface area contributed by atoms with Crippen molar-refractivity contribution in [3.05, 3.63) is 24.8 Å². The summed E-state index contributed by atoms with van der Waals surface area (Å²) >= 11 is 0. The van der Waals surface area contributed by atoms with Gasteiger partial charge in [0.2, 0.25) is 0 Å². The first-order chi connectivity index (χ1) is 10.4. The molecule has 0 unspecified atom stereocenters. The maximum absolute atomic E-state index is 4.16. The van der Waals surface area contributed by atoms with Crippen LogP contribution >= 0.6 is 0 Å². The zero-order chi connectivity index (χ0) is 15.5. The lowest BCUT2D eigenvalue weighted by Gasteiger charge is -1.91. The summed E-state index contributed by atoms with van der Waals surface area (Å²) < 4.78 is 1.89. The molecule has 0 atom stereocenters. The van der Waals surface area contributed by atoms with Crippen molar-refractivity contribution >= 4 is 16.8 Å². The molecule has 1 aliphatic rings. The normalized spacial score (nSPS) is 12.8. The van der Waals surface area contributed by atoms with E-state index in [0.29, 0.717) is 0 Å². The maximum Gasteiger partial charge on any atom is 0.179 e. The van der Waals surface area contributed by atoms with Crippen LogP contribution in [0.5, 0.6) is 0 Å². The Morgan fingerprint density at radius 2 is 1.62 bits per heavy atom. The Bertz CT molecular complexity index is 550. The second-order valence-corrected chi connectivity index (χ2v) is 4.30. The first-order valence-corrected chi connectivity index (χ1v) is 8.07. The first kappa shape index (κ1) is 17.1. The summed E-state index contributed by atoms with van der Waals surface area (Å²) in [5.41, 5.74) is 2.61. The number of hydrogen-bond donors (Lipinski definition) is 1. The number of nitrogens with one attached hydrogen (secondary N) is 1. The molecule has 1 saturated carbocycles. The van der Waals surface area contributed by atoms with E-state index in [1.165, 1.54) is 32.1 Å². The quantitative estimate of drug-likeness (QED) is 0.657. The molecule has 0 amide bonds. The van der Waals surface area contributed by atoms with Crippen LogP contribution in [-0.2, 0) is 0 Å². The lowest BCUT2D eigenvalue weighted by Crippen LogP contribution is -1.86. The zero-order valence-corrected chi connectivity index (χ0v) is 13.6.